The number of rotatable bonds is 2. The number of aliphatic hydroxyl groups excluding tert-OH is 1. The third-order valence-corrected chi connectivity index (χ3v) is 3.40. The first-order valence-electron chi connectivity index (χ1n) is 6.03. The van der Waals surface area contributed by atoms with Crippen molar-refractivity contribution >= 4 is 5.82 Å². The Labute approximate surface area is 97.1 Å². The number of piperidine rings is 1. The van der Waals surface area contributed by atoms with Crippen molar-refractivity contribution in [3.05, 3.63) is 23.9 Å². The zero-order valence-electron chi connectivity index (χ0n) is 10.1. The predicted molar refractivity (Wildman–Crippen MR) is 65.4 cm³/mol. The number of hydrogen-bond acceptors (Lipinski definition) is 3. The molecule has 0 aliphatic carbocycles. The van der Waals surface area contributed by atoms with Gasteiger partial charge in [-0.25, -0.2) is 4.98 Å². The predicted octanol–water partition coefficient (Wildman–Crippen LogP) is 2.20. The summed E-state index contributed by atoms with van der Waals surface area (Å²) in [7, 11) is 0. The Morgan fingerprint density at radius 1 is 1.44 bits per heavy atom. The van der Waals surface area contributed by atoms with E-state index in [9.17, 15) is 0 Å². The smallest absolute Gasteiger partial charge is 0.129 e. The van der Waals surface area contributed by atoms with Gasteiger partial charge in [-0.1, -0.05) is 6.92 Å². The van der Waals surface area contributed by atoms with E-state index in [-0.39, 0.29) is 6.61 Å². The van der Waals surface area contributed by atoms with E-state index in [0.29, 0.717) is 6.04 Å². The van der Waals surface area contributed by atoms with Crippen molar-refractivity contribution in [3.8, 4) is 0 Å². The van der Waals surface area contributed by atoms with E-state index in [1.807, 2.05) is 12.1 Å². The molecule has 0 aromatic carbocycles. The Kier molecular flexibility index (Phi) is 3.44. The molecule has 3 nitrogen and oxygen atoms in total. The molecule has 2 atom stereocenters. The van der Waals surface area contributed by atoms with Gasteiger partial charge in [0.05, 0.1) is 6.61 Å². The summed E-state index contributed by atoms with van der Waals surface area (Å²) in [5.41, 5.74) is 0.940. The van der Waals surface area contributed by atoms with Crippen LogP contribution in [-0.4, -0.2) is 22.7 Å². The summed E-state index contributed by atoms with van der Waals surface area (Å²) in [5.74, 6) is 1.74. The van der Waals surface area contributed by atoms with Gasteiger partial charge in [0.1, 0.15) is 5.82 Å². The Bertz CT molecular complexity index is 354. The fraction of sp³-hybridized carbons (Fsp3) is 0.615. The first-order valence-corrected chi connectivity index (χ1v) is 6.03. The lowest BCUT2D eigenvalue weighted by atomic mass is 9.95. The monoisotopic (exact) mass is 220 g/mol. The maximum Gasteiger partial charge on any atom is 0.129 e. The van der Waals surface area contributed by atoms with E-state index in [1.165, 1.54) is 12.8 Å². The Morgan fingerprint density at radius 3 is 3.00 bits per heavy atom. The van der Waals surface area contributed by atoms with Crippen molar-refractivity contribution in [1.82, 2.24) is 4.98 Å². The van der Waals surface area contributed by atoms with Crippen LogP contribution in [0.4, 0.5) is 5.82 Å². The molecule has 0 spiro atoms. The lowest BCUT2D eigenvalue weighted by Crippen LogP contribution is -2.41. The first-order chi connectivity index (χ1) is 7.70. The van der Waals surface area contributed by atoms with Crippen LogP contribution in [0, 0.1) is 5.92 Å². The molecule has 0 radical (unpaired) electrons. The molecule has 1 aromatic heterocycles. The highest BCUT2D eigenvalue weighted by Gasteiger charge is 2.23. The van der Waals surface area contributed by atoms with Crippen LogP contribution in [0.2, 0.25) is 0 Å². The maximum absolute atomic E-state index is 9.13. The van der Waals surface area contributed by atoms with E-state index in [1.54, 1.807) is 6.20 Å². The van der Waals surface area contributed by atoms with Gasteiger partial charge in [0.2, 0.25) is 0 Å². The van der Waals surface area contributed by atoms with Gasteiger partial charge in [-0.2, -0.15) is 0 Å². The van der Waals surface area contributed by atoms with Gasteiger partial charge in [0.15, 0.2) is 0 Å². The molecule has 2 unspecified atom stereocenters. The zero-order valence-corrected chi connectivity index (χ0v) is 10.1. The van der Waals surface area contributed by atoms with Crippen LogP contribution in [0.3, 0.4) is 0 Å². The molecule has 1 fully saturated rings. The molecule has 16 heavy (non-hydrogen) atoms. The average Bonchev–Trinajstić information content (AvgIpc) is 2.32. The van der Waals surface area contributed by atoms with Gasteiger partial charge in [-0.15, -0.1) is 0 Å². The number of pyridine rings is 1. The zero-order chi connectivity index (χ0) is 11.5. The summed E-state index contributed by atoms with van der Waals surface area (Å²) >= 11 is 0. The van der Waals surface area contributed by atoms with Gasteiger partial charge < -0.3 is 10.0 Å². The second-order valence-corrected chi connectivity index (χ2v) is 4.86. The topological polar surface area (TPSA) is 36.4 Å². The lowest BCUT2D eigenvalue weighted by molar-refractivity contribution is 0.281. The molecule has 0 amide bonds. The van der Waals surface area contributed by atoms with Gasteiger partial charge >= 0.3 is 0 Å². The molecule has 2 rings (SSSR count). The average molecular weight is 220 g/mol. The fourth-order valence-corrected chi connectivity index (χ4v) is 2.32. The molecule has 88 valence electrons. The van der Waals surface area contributed by atoms with Crippen molar-refractivity contribution in [1.29, 1.82) is 0 Å². The molecule has 1 aromatic rings. The molecule has 0 bridgehead atoms. The van der Waals surface area contributed by atoms with E-state index < -0.39 is 0 Å². The van der Waals surface area contributed by atoms with Gasteiger partial charge in [-0.05, 0) is 43.4 Å². The second kappa shape index (κ2) is 4.83. The molecule has 1 N–H and O–H groups in total. The minimum absolute atomic E-state index is 0.0906. The van der Waals surface area contributed by atoms with Crippen molar-refractivity contribution < 1.29 is 5.11 Å². The number of nitrogens with zero attached hydrogens (tertiary/aromatic N) is 2. The summed E-state index contributed by atoms with van der Waals surface area (Å²) in [5, 5.41) is 9.13. The lowest BCUT2D eigenvalue weighted by Gasteiger charge is -2.37. The minimum atomic E-state index is 0.0906. The second-order valence-electron chi connectivity index (χ2n) is 4.86. The molecular weight excluding hydrogens is 200 g/mol. The first kappa shape index (κ1) is 11.4. The number of aromatic nitrogens is 1. The molecule has 1 saturated heterocycles. The van der Waals surface area contributed by atoms with E-state index in [4.69, 9.17) is 5.11 Å². The molecule has 2 heterocycles. The number of anilines is 1. The van der Waals surface area contributed by atoms with Crippen LogP contribution in [0.15, 0.2) is 18.3 Å². The highest BCUT2D eigenvalue weighted by molar-refractivity contribution is 5.42. The van der Waals surface area contributed by atoms with Crippen molar-refractivity contribution in [2.75, 3.05) is 11.4 Å². The number of aliphatic hydroxyl groups is 1. The third-order valence-electron chi connectivity index (χ3n) is 3.40. The van der Waals surface area contributed by atoms with Crippen molar-refractivity contribution in [3.63, 3.8) is 0 Å². The highest BCUT2D eigenvalue weighted by Crippen LogP contribution is 2.26. The SMILES string of the molecule is CC1CCC(C)N(c2cc(CO)ccn2)C1. The summed E-state index contributed by atoms with van der Waals surface area (Å²) in [6.07, 6.45) is 4.32. The summed E-state index contributed by atoms with van der Waals surface area (Å²) < 4.78 is 0. The van der Waals surface area contributed by atoms with Crippen LogP contribution in [-0.2, 0) is 6.61 Å². The molecule has 0 saturated carbocycles. The standard InChI is InChI=1S/C13H20N2O/c1-10-3-4-11(2)15(8-10)13-7-12(9-16)5-6-14-13/h5-7,10-11,16H,3-4,8-9H2,1-2H3. The van der Waals surface area contributed by atoms with Gasteiger partial charge in [0.25, 0.3) is 0 Å². The normalized spacial score (nSPS) is 25.8. The minimum Gasteiger partial charge on any atom is -0.392 e. The highest BCUT2D eigenvalue weighted by atomic mass is 16.3. The molecular formula is C13H20N2O. The fourth-order valence-electron chi connectivity index (χ4n) is 2.32. The van der Waals surface area contributed by atoms with Crippen molar-refractivity contribution in [2.45, 2.75) is 39.3 Å². The summed E-state index contributed by atoms with van der Waals surface area (Å²) in [6, 6.07) is 4.41. The third kappa shape index (κ3) is 2.35. The van der Waals surface area contributed by atoms with Crippen LogP contribution >= 0.6 is 0 Å². The van der Waals surface area contributed by atoms with Crippen LogP contribution < -0.4 is 4.90 Å². The Morgan fingerprint density at radius 2 is 2.25 bits per heavy atom. The van der Waals surface area contributed by atoms with Crippen LogP contribution in [0.1, 0.15) is 32.3 Å². The summed E-state index contributed by atoms with van der Waals surface area (Å²) in [6.45, 7) is 5.70. The van der Waals surface area contributed by atoms with E-state index >= 15 is 0 Å². The molecule has 3 heteroatoms. The van der Waals surface area contributed by atoms with Gasteiger partial charge in [-0.3, -0.25) is 0 Å². The quantitative estimate of drug-likeness (QED) is 0.830. The van der Waals surface area contributed by atoms with Crippen molar-refractivity contribution in [2.24, 2.45) is 5.92 Å². The van der Waals surface area contributed by atoms with E-state index in [2.05, 4.69) is 23.7 Å². The Hall–Kier alpha value is -1.09. The van der Waals surface area contributed by atoms with Crippen LogP contribution in [0.25, 0.3) is 0 Å². The van der Waals surface area contributed by atoms with E-state index in [0.717, 1.165) is 23.8 Å². The molecule has 1 aliphatic rings. The van der Waals surface area contributed by atoms with Gasteiger partial charge in [0, 0.05) is 18.8 Å². The summed E-state index contributed by atoms with van der Waals surface area (Å²) in [4.78, 5) is 6.77. The van der Waals surface area contributed by atoms with Crippen LogP contribution in [0.5, 0.6) is 0 Å². The number of hydrogen-bond donors (Lipinski definition) is 1. The largest absolute Gasteiger partial charge is 0.392 e. The Balaban J connectivity index is 2.20. The maximum atomic E-state index is 9.13. The molecule has 1 aliphatic heterocycles.